The Kier molecular flexibility index (Phi) is 3.58. The molecule has 4 heteroatoms. The van der Waals surface area contributed by atoms with E-state index in [0.717, 1.165) is 19.3 Å². The summed E-state index contributed by atoms with van der Waals surface area (Å²) in [6, 6.07) is 0. The second-order valence-electron chi connectivity index (χ2n) is 5.12. The molecule has 0 spiro atoms. The molecule has 1 saturated heterocycles. The molecule has 0 saturated carbocycles. The first-order valence-electron chi connectivity index (χ1n) is 5.28. The van der Waals surface area contributed by atoms with Gasteiger partial charge in [0.1, 0.15) is 0 Å². The van der Waals surface area contributed by atoms with Crippen molar-refractivity contribution in [2.45, 2.75) is 50.8 Å². The molecule has 1 atom stereocenters. The molecule has 1 unspecified atom stereocenters. The monoisotopic (exact) mass is 219 g/mol. The SMILES string of the molecule is CC(C)(C)NCC1CCCCS1(=O)=O. The molecule has 0 aliphatic carbocycles. The van der Waals surface area contributed by atoms with Crippen molar-refractivity contribution < 1.29 is 8.42 Å². The molecular formula is C10H21NO2S. The summed E-state index contributed by atoms with van der Waals surface area (Å²) in [6.07, 6.45) is 2.72. The van der Waals surface area contributed by atoms with E-state index in [1.165, 1.54) is 0 Å². The molecule has 0 bridgehead atoms. The minimum Gasteiger partial charge on any atom is -0.311 e. The molecule has 0 amide bonds. The second-order valence-corrected chi connectivity index (χ2v) is 7.52. The first-order chi connectivity index (χ1) is 6.31. The first kappa shape index (κ1) is 12.0. The van der Waals surface area contributed by atoms with Crippen molar-refractivity contribution in [3.8, 4) is 0 Å². The number of nitrogens with one attached hydrogen (secondary N) is 1. The third-order valence-corrected chi connectivity index (χ3v) is 4.85. The molecule has 1 rings (SSSR count). The van der Waals surface area contributed by atoms with Crippen molar-refractivity contribution in [2.24, 2.45) is 0 Å². The largest absolute Gasteiger partial charge is 0.311 e. The van der Waals surface area contributed by atoms with Crippen molar-refractivity contribution >= 4 is 9.84 Å². The lowest BCUT2D eigenvalue weighted by atomic mass is 10.1. The normalized spacial score (nSPS) is 27.5. The van der Waals surface area contributed by atoms with E-state index in [1.807, 2.05) is 0 Å². The Morgan fingerprint density at radius 2 is 1.93 bits per heavy atom. The Balaban J connectivity index is 2.51. The van der Waals surface area contributed by atoms with Gasteiger partial charge in [0.2, 0.25) is 0 Å². The lowest BCUT2D eigenvalue weighted by Crippen LogP contribution is -2.44. The standard InChI is InChI=1S/C10H21NO2S/c1-10(2,3)11-8-9-6-4-5-7-14(9,12)13/h9,11H,4-8H2,1-3H3. The average molecular weight is 219 g/mol. The minimum absolute atomic E-state index is 0.00691. The molecule has 3 nitrogen and oxygen atoms in total. The third kappa shape index (κ3) is 3.58. The van der Waals surface area contributed by atoms with Crippen LogP contribution in [-0.4, -0.2) is 31.5 Å². The predicted octanol–water partition coefficient (Wildman–Crippen LogP) is 1.34. The van der Waals surface area contributed by atoms with Gasteiger partial charge in [-0.15, -0.1) is 0 Å². The summed E-state index contributed by atoms with van der Waals surface area (Å²) in [6.45, 7) is 6.78. The van der Waals surface area contributed by atoms with Gasteiger partial charge < -0.3 is 5.32 Å². The third-order valence-electron chi connectivity index (χ3n) is 2.57. The lowest BCUT2D eigenvalue weighted by molar-refractivity contribution is 0.410. The number of hydrogen-bond acceptors (Lipinski definition) is 3. The maximum atomic E-state index is 11.7. The summed E-state index contributed by atoms with van der Waals surface area (Å²) in [7, 11) is -2.81. The van der Waals surface area contributed by atoms with Gasteiger partial charge in [-0.05, 0) is 33.6 Å². The van der Waals surface area contributed by atoms with E-state index >= 15 is 0 Å². The minimum atomic E-state index is -2.81. The second kappa shape index (κ2) is 4.19. The Morgan fingerprint density at radius 3 is 2.43 bits per heavy atom. The highest BCUT2D eigenvalue weighted by atomic mass is 32.2. The van der Waals surface area contributed by atoms with Crippen molar-refractivity contribution in [1.82, 2.24) is 5.32 Å². The maximum Gasteiger partial charge on any atom is 0.154 e. The van der Waals surface area contributed by atoms with Gasteiger partial charge in [-0.25, -0.2) is 8.42 Å². The Hall–Kier alpha value is -0.0900. The van der Waals surface area contributed by atoms with Gasteiger partial charge in [-0.1, -0.05) is 6.42 Å². The summed E-state index contributed by atoms with van der Waals surface area (Å²) in [5.41, 5.74) is 0.00691. The van der Waals surface area contributed by atoms with Crippen molar-refractivity contribution in [1.29, 1.82) is 0 Å². The Labute approximate surface area is 87.2 Å². The average Bonchev–Trinajstić information content (AvgIpc) is 2.00. The molecule has 1 N–H and O–H groups in total. The van der Waals surface area contributed by atoms with E-state index < -0.39 is 9.84 Å². The Morgan fingerprint density at radius 1 is 1.29 bits per heavy atom. The highest BCUT2D eigenvalue weighted by Gasteiger charge is 2.29. The molecule has 14 heavy (non-hydrogen) atoms. The zero-order valence-corrected chi connectivity index (χ0v) is 10.2. The topological polar surface area (TPSA) is 46.2 Å². The molecule has 0 aromatic carbocycles. The smallest absolute Gasteiger partial charge is 0.154 e. The van der Waals surface area contributed by atoms with Crippen LogP contribution in [0.2, 0.25) is 0 Å². The van der Waals surface area contributed by atoms with E-state index in [-0.39, 0.29) is 10.8 Å². The molecular weight excluding hydrogens is 198 g/mol. The zero-order valence-electron chi connectivity index (χ0n) is 9.34. The van der Waals surface area contributed by atoms with Gasteiger partial charge in [-0.3, -0.25) is 0 Å². The summed E-state index contributed by atoms with van der Waals surface area (Å²) < 4.78 is 23.3. The van der Waals surface area contributed by atoms with Crippen molar-refractivity contribution in [3.05, 3.63) is 0 Å². The van der Waals surface area contributed by atoms with E-state index in [0.29, 0.717) is 12.3 Å². The van der Waals surface area contributed by atoms with Crippen molar-refractivity contribution in [2.75, 3.05) is 12.3 Å². The van der Waals surface area contributed by atoms with E-state index in [2.05, 4.69) is 26.1 Å². The number of rotatable bonds is 2. The highest BCUT2D eigenvalue weighted by molar-refractivity contribution is 7.92. The van der Waals surface area contributed by atoms with Crippen LogP contribution in [0.25, 0.3) is 0 Å². The van der Waals surface area contributed by atoms with Gasteiger partial charge in [0.25, 0.3) is 0 Å². The molecule has 1 heterocycles. The van der Waals surface area contributed by atoms with E-state index in [4.69, 9.17) is 0 Å². The molecule has 84 valence electrons. The van der Waals surface area contributed by atoms with Gasteiger partial charge in [0.05, 0.1) is 11.0 Å². The van der Waals surface area contributed by atoms with E-state index in [9.17, 15) is 8.42 Å². The lowest BCUT2D eigenvalue weighted by Gasteiger charge is -2.27. The Bertz CT molecular complexity index is 277. The first-order valence-corrected chi connectivity index (χ1v) is 6.99. The highest BCUT2D eigenvalue weighted by Crippen LogP contribution is 2.19. The molecule has 1 fully saturated rings. The molecule has 0 aromatic heterocycles. The summed E-state index contributed by atoms with van der Waals surface area (Å²) in [4.78, 5) is 0. The maximum absolute atomic E-state index is 11.7. The van der Waals surface area contributed by atoms with Crippen LogP contribution in [0, 0.1) is 0 Å². The van der Waals surface area contributed by atoms with Crippen LogP contribution in [0.1, 0.15) is 40.0 Å². The predicted molar refractivity (Wildman–Crippen MR) is 59.2 cm³/mol. The van der Waals surface area contributed by atoms with Gasteiger partial charge in [0, 0.05) is 12.1 Å². The van der Waals surface area contributed by atoms with Gasteiger partial charge in [-0.2, -0.15) is 0 Å². The quantitative estimate of drug-likeness (QED) is 0.762. The van der Waals surface area contributed by atoms with Crippen LogP contribution in [0.15, 0.2) is 0 Å². The zero-order chi connectivity index (χ0) is 10.8. The van der Waals surface area contributed by atoms with Crippen LogP contribution in [-0.2, 0) is 9.84 Å². The van der Waals surface area contributed by atoms with Gasteiger partial charge >= 0.3 is 0 Å². The van der Waals surface area contributed by atoms with E-state index in [1.54, 1.807) is 0 Å². The summed E-state index contributed by atoms with van der Waals surface area (Å²) in [5.74, 6) is 0.378. The molecule has 0 radical (unpaired) electrons. The molecule has 1 aliphatic heterocycles. The van der Waals surface area contributed by atoms with Crippen LogP contribution >= 0.6 is 0 Å². The van der Waals surface area contributed by atoms with Gasteiger partial charge in [0.15, 0.2) is 9.84 Å². The van der Waals surface area contributed by atoms with Crippen molar-refractivity contribution in [3.63, 3.8) is 0 Å². The fraction of sp³-hybridized carbons (Fsp3) is 1.00. The summed E-state index contributed by atoms with van der Waals surface area (Å²) >= 11 is 0. The van der Waals surface area contributed by atoms with Crippen LogP contribution in [0.4, 0.5) is 0 Å². The van der Waals surface area contributed by atoms with Crippen LogP contribution in [0.3, 0.4) is 0 Å². The molecule has 0 aromatic rings. The fourth-order valence-corrected chi connectivity index (χ4v) is 3.47. The molecule has 1 aliphatic rings. The van der Waals surface area contributed by atoms with Crippen LogP contribution < -0.4 is 5.32 Å². The summed E-state index contributed by atoms with van der Waals surface area (Å²) in [5, 5.41) is 3.11. The van der Waals surface area contributed by atoms with Crippen LogP contribution in [0.5, 0.6) is 0 Å². The fourth-order valence-electron chi connectivity index (χ4n) is 1.67. The number of hydrogen-bond donors (Lipinski definition) is 1. The number of sulfone groups is 1.